The normalized spacial score (nSPS) is 13.6. The molecule has 0 saturated carbocycles. The minimum absolute atomic E-state index is 0.278. The number of carbonyl (C=O) groups is 1. The molecule has 4 rings (SSSR count). The Morgan fingerprint density at radius 2 is 2.06 bits per heavy atom. The number of hydrogen-bond donors (Lipinski definition) is 1. The van der Waals surface area contributed by atoms with E-state index in [1.54, 1.807) is 24.4 Å². The lowest BCUT2D eigenvalue weighted by Crippen LogP contribution is -2.36. The molecule has 1 saturated heterocycles. The van der Waals surface area contributed by atoms with E-state index < -0.39 is 0 Å². The number of thiophene rings is 1. The van der Waals surface area contributed by atoms with E-state index in [2.05, 4.69) is 21.3 Å². The molecule has 9 heteroatoms. The van der Waals surface area contributed by atoms with Crippen molar-refractivity contribution in [3.63, 3.8) is 0 Å². The molecule has 2 aromatic heterocycles. The number of morpholine rings is 1. The zero-order valence-electron chi connectivity index (χ0n) is 16.4. The molecule has 0 bridgehead atoms. The molecule has 31 heavy (non-hydrogen) atoms. The lowest BCUT2D eigenvalue weighted by molar-refractivity contribution is 0.0955. The van der Waals surface area contributed by atoms with Gasteiger partial charge in [0.2, 0.25) is 0 Å². The predicted molar refractivity (Wildman–Crippen MR) is 123 cm³/mol. The van der Waals surface area contributed by atoms with Gasteiger partial charge in [-0.2, -0.15) is 5.26 Å². The number of amides is 1. The van der Waals surface area contributed by atoms with E-state index in [1.165, 1.54) is 11.3 Å². The van der Waals surface area contributed by atoms with Crippen LogP contribution < -0.4 is 10.2 Å². The zero-order valence-corrected chi connectivity index (χ0v) is 18.7. The first-order valence-corrected chi connectivity index (χ1v) is 11.2. The van der Waals surface area contributed by atoms with E-state index in [4.69, 9.17) is 27.9 Å². The van der Waals surface area contributed by atoms with Crippen LogP contribution >= 0.6 is 34.5 Å². The molecular weight excluding hydrogens is 455 g/mol. The maximum Gasteiger partial charge on any atom is 0.262 e. The van der Waals surface area contributed by atoms with Gasteiger partial charge < -0.3 is 15.0 Å². The fourth-order valence-electron chi connectivity index (χ4n) is 3.37. The van der Waals surface area contributed by atoms with Gasteiger partial charge in [0.05, 0.1) is 31.0 Å². The van der Waals surface area contributed by atoms with Crippen LogP contribution in [0, 0.1) is 11.3 Å². The first kappa shape index (κ1) is 21.6. The van der Waals surface area contributed by atoms with Crippen LogP contribution in [0.15, 0.2) is 42.6 Å². The Hall–Kier alpha value is -2.63. The summed E-state index contributed by atoms with van der Waals surface area (Å²) < 4.78 is 5.44. The maximum atomic E-state index is 13.2. The van der Waals surface area contributed by atoms with E-state index in [0.29, 0.717) is 57.9 Å². The van der Waals surface area contributed by atoms with Crippen molar-refractivity contribution in [1.82, 2.24) is 10.3 Å². The molecule has 3 heterocycles. The first-order chi connectivity index (χ1) is 15.1. The number of carbonyl (C=O) groups excluding carboxylic acids is 1. The molecule has 0 aliphatic carbocycles. The third-order valence-electron chi connectivity index (χ3n) is 4.86. The number of hydrogen-bond acceptors (Lipinski definition) is 6. The predicted octanol–water partition coefficient (Wildman–Crippen LogP) is 4.76. The van der Waals surface area contributed by atoms with Gasteiger partial charge in [0.15, 0.2) is 0 Å². The third-order valence-corrected chi connectivity index (χ3v) is 6.66. The van der Waals surface area contributed by atoms with E-state index in [0.717, 1.165) is 10.7 Å². The van der Waals surface area contributed by atoms with E-state index in [9.17, 15) is 10.1 Å². The highest BCUT2D eigenvalue weighted by Crippen LogP contribution is 2.44. The molecule has 0 spiro atoms. The topological polar surface area (TPSA) is 78.2 Å². The molecule has 1 aliphatic heterocycles. The van der Waals surface area contributed by atoms with Gasteiger partial charge in [0.1, 0.15) is 15.9 Å². The summed E-state index contributed by atoms with van der Waals surface area (Å²) in [6, 6.07) is 12.9. The lowest BCUT2D eigenvalue weighted by Gasteiger charge is -2.27. The minimum Gasteiger partial charge on any atom is -0.378 e. The molecule has 0 radical (unpaired) electrons. The Morgan fingerprint density at radius 1 is 1.26 bits per heavy atom. The highest BCUT2D eigenvalue weighted by Gasteiger charge is 2.28. The first-order valence-electron chi connectivity index (χ1n) is 9.61. The molecule has 158 valence electrons. The summed E-state index contributed by atoms with van der Waals surface area (Å²) in [5.41, 5.74) is 2.29. The summed E-state index contributed by atoms with van der Waals surface area (Å²) >= 11 is 13.8. The van der Waals surface area contributed by atoms with Crippen LogP contribution in [0.5, 0.6) is 0 Å². The number of rotatable bonds is 5. The van der Waals surface area contributed by atoms with E-state index >= 15 is 0 Å². The molecule has 0 unspecified atom stereocenters. The summed E-state index contributed by atoms with van der Waals surface area (Å²) in [6.07, 6.45) is 1.68. The van der Waals surface area contributed by atoms with Crippen LogP contribution in [0.4, 0.5) is 5.00 Å². The van der Waals surface area contributed by atoms with Gasteiger partial charge in [-0.05, 0) is 24.3 Å². The number of nitrogens with zero attached hydrogens (tertiary/aromatic N) is 3. The maximum absolute atomic E-state index is 13.2. The number of nitrogens with one attached hydrogen (secondary N) is 1. The molecule has 6 nitrogen and oxygen atoms in total. The van der Waals surface area contributed by atoms with Gasteiger partial charge in [0.25, 0.3) is 5.91 Å². The molecule has 1 N–H and O–H groups in total. The standard InChI is InChI=1S/C22H18Cl2N4O2S/c23-14-4-5-16(18(24)11-14)19-17(12-25)22(28-7-9-30-10-8-28)31-20(19)21(29)27-13-15-3-1-2-6-26-15/h1-6,11H,7-10,13H2,(H,27,29). The van der Waals surface area contributed by atoms with Crippen molar-refractivity contribution < 1.29 is 9.53 Å². The second kappa shape index (κ2) is 9.67. The Bertz CT molecular complexity index is 1140. The summed E-state index contributed by atoms with van der Waals surface area (Å²) in [5.74, 6) is -0.285. The molecule has 0 atom stereocenters. The number of anilines is 1. The average Bonchev–Trinajstić information content (AvgIpc) is 3.18. The molecular formula is C22H18Cl2N4O2S. The van der Waals surface area contributed by atoms with Crippen molar-refractivity contribution in [3.05, 3.63) is 68.8 Å². The van der Waals surface area contributed by atoms with Gasteiger partial charge in [-0.3, -0.25) is 9.78 Å². The second-order valence-electron chi connectivity index (χ2n) is 6.83. The summed E-state index contributed by atoms with van der Waals surface area (Å²) in [7, 11) is 0. The van der Waals surface area contributed by atoms with Crippen molar-refractivity contribution in [1.29, 1.82) is 5.26 Å². The molecule has 3 aromatic rings. The lowest BCUT2D eigenvalue weighted by atomic mass is 10.0. The Kier molecular flexibility index (Phi) is 6.73. The van der Waals surface area contributed by atoms with Gasteiger partial charge >= 0.3 is 0 Å². The number of nitriles is 1. The van der Waals surface area contributed by atoms with Crippen LogP contribution in [0.1, 0.15) is 20.9 Å². The molecule has 1 amide bonds. The smallest absolute Gasteiger partial charge is 0.262 e. The fraction of sp³-hybridized carbons (Fsp3) is 0.227. The van der Waals surface area contributed by atoms with E-state index in [1.807, 2.05) is 18.2 Å². The number of halogens is 2. The van der Waals surface area contributed by atoms with Crippen molar-refractivity contribution in [3.8, 4) is 17.2 Å². The van der Waals surface area contributed by atoms with Crippen LogP contribution in [-0.4, -0.2) is 37.2 Å². The Labute approximate surface area is 194 Å². The SMILES string of the molecule is N#Cc1c(N2CCOCC2)sc(C(=O)NCc2ccccn2)c1-c1ccc(Cl)cc1Cl. The Balaban J connectivity index is 1.77. The van der Waals surface area contributed by atoms with Crippen LogP contribution in [-0.2, 0) is 11.3 Å². The zero-order chi connectivity index (χ0) is 21.8. The summed E-state index contributed by atoms with van der Waals surface area (Å²) in [5, 5.41) is 14.6. The highest BCUT2D eigenvalue weighted by molar-refractivity contribution is 7.19. The minimum atomic E-state index is -0.285. The quantitative estimate of drug-likeness (QED) is 0.579. The largest absolute Gasteiger partial charge is 0.378 e. The van der Waals surface area contributed by atoms with Gasteiger partial charge in [0, 0.05) is 40.5 Å². The van der Waals surface area contributed by atoms with Crippen LogP contribution in [0.2, 0.25) is 10.0 Å². The number of benzene rings is 1. The number of ether oxygens (including phenoxy) is 1. The van der Waals surface area contributed by atoms with Gasteiger partial charge in [-0.1, -0.05) is 35.3 Å². The molecule has 1 aromatic carbocycles. The Morgan fingerprint density at radius 3 is 2.74 bits per heavy atom. The summed E-state index contributed by atoms with van der Waals surface area (Å²) in [6.45, 7) is 2.72. The average molecular weight is 473 g/mol. The van der Waals surface area contributed by atoms with Crippen molar-refractivity contribution in [2.24, 2.45) is 0 Å². The second-order valence-corrected chi connectivity index (χ2v) is 8.67. The third kappa shape index (κ3) is 4.68. The number of aromatic nitrogens is 1. The van der Waals surface area contributed by atoms with Gasteiger partial charge in [-0.15, -0.1) is 11.3 Å². The summed E-state index contributed by atoms with van der Waals surface area (Å²) in [4.78, 5) is 20.0. The van der Waals surface area contributed by atoms with Crippen molar-refractivity contribution in [2.45, 2.75) is 6.54 Å². The highest BCUT2D eigenvalue weighted by atomic mass is 35.5. The van der Waals surface area contributed by atoms with Crippen molar-refractivity contribution in [2.75, 3.05) is 31.2 Å². The van der Waals surface area contributed by atoms with Crippen LogP contribution in [0.3, 0.4) is 0 Å². The number of pyridine rings is 1. The van der Waals surface area contributed by atoms with Gasteiger partial charge in [-0.25, -0.2) is 0 Å². The van der Waals surface area contributed by atoms with Crippen molar-refractivity contribution >= 4 is 45.4 Å². The van der Waals surface area contributed by atoms with E-state index in [-0.39, 0.29) is 12.5 Å². The molecule has 1 aliphatic rings. The monoisotopic (exact) mass is 472 g/mol. The van der Waals surface area contributed by atoms with Crippen LogP contribution in [0.25, 0.3) is 11.1 Å². The molecule has 1 fully saturated rings. The fourth-order valence-corrected chi connectivity index (χ4v) is 5.11.